The van der Waals surface area contributed by atoms with E-state index in [0.29, 0.717) is 30.8 Å². The molecule has 4 saturated carbocycles. The van der Waals surface area contributed by atoms with Crippen molar-refractivity contribution in [2.45, 2.75) is 32.1 Å². The number of rotatable bonds is 1. The van der Waals surface area contributed by atoms with E-state index in [1.807, 2.05) is 4.90 Å². The zero-order valence-corrected chi connectivity index (χ0v) is 11.3. The van der Waals surface area contributed by atoms with E-state index in [2.05, 4.69) is 0 Å². The standard InChI is InChI=1S/C15H21NO3/c17-13-11-5-10-6-12(13)9-15(7-10,8-11)14(18)16-1-3-19-4-2-16/h10-12H,1-9H2/t10?,11-,12+,15?. The molecule has 4 aliphatic carbocycles. The summed E-state index contributed by atoms with van der Waals surface area (Å²) < 4.78 is 5.34. The fourth-order valence-corrected chi connectivity index (χ4v) is 5.11. The Kier molecular flexibility index (Phi) is 2.53. The van der Waals surface area contributed by atoms with Gasteiger partial charge in [0.1, 0.15) is 5.78 Å². The number of hydrogen-bond donors (Lipinski definition) is 0. The molecule has 5 rings (SSSR count). The van der Waals surface area contributed by atoms with Gasteiger partial charge in [0.15, 0.2) is 0 Å². The van der Waals surface area contributed by atoms with E-state index in [9.17, 15) is 9.59 Å². The Hall–Kier alpha value is -0.900. The number of nitrogens with zero attached hydrogens (tertiary/aromatic N) is 1. The Labute approximate surface area is 113 Å². The van der Waals surface area contributed by atoms with Crippen LogP contribution in [-0.4, -0.2) is 42.9 Å². The summed E-state index contributed by atoms with van der Waals surface area (Å²) in [5.41, 5.74) is -0.193. The summed E-state index contributed by atoms with van der Waals surface area (Å²) in [5.74, 6) is 1.79. The maximum Gasteiger partial charge on any atom is 0.229 e. The molecule has 1 saturated heterocycles. The summed E-state index contributed by atoms with van der Waals surface area (Å²) in [5, 5.41) is 0. The largest absolute Gasteiger partial charge is 0.378 e. The molecule has 0 N–H and O–H groups in total. The van der Waals surface area contributed by atoms with Crippen LogP contribution in [0.3, 0.4) is 0 Å². The highest BCUT2D eigenvalue weighted by Gasteiger charge is 2.58. The molecule has 0 radical (unpaired) electrons. The predicted molar refractivity (Wildman–Crippen MR) is 68.4 cm³/mol. The van der Waals surface area contributed by atoms with Gasteiger partial charge in [0.2, 0.25) is 5.91 Å². The summed E-state index contributed by atoms with van der Waals surface area (Å²) in [6.07, 6.45) is 4.79. The van der Waals surface area contributed by atoms with Crippen molar-refractivity contribution in [2.24, 2.45) is 23.2 Å². The monoisotopic (exact) mass is 263 g/mol. The molecule has 0 aromatic carbocycles. The molecule has 2 unspecified atom stereocenters. The van der Waals surface area contributed by atoms with Crippen LogP contribution in [0.15, 0.2) is 0 Å². The van der Waals surface area contributed by atoms with Crippen molar-refractivity contribution < 1.29 is 14.3 Å². The molecule has 104 valence electrons. The number of ether oxygens (including phenoxy) is 1. The van der Waals surface area contributed by atoms with E-state index >= 15 is 0 Å². The highest BCUT2D eigenvalue weighted by molar-refractivity contribution is 5.91. The lowest BCUT2D eigenvalue weighted by Crippen LogP contribution is -2.59. The molecule has 1 amide bonds. The molecule has 0 aromatic heterocycles. The third-order valence-corrected chi connectivity index (χ3v) is 5.75. The zero-order valence-electron chi connectivity index (χ0n) is 11.3. The van der Waals surface area contributed by atoms with Gasteiger partial charge in [-0.3, -0.25) is 9.59 Å². The lowest BCUT2D eigenvalue weighted by molar-refractivity contribution is -0.166. The summed E-state index contributed by atoms with van der Waals surface area (Å²) in [4.78, 5) is 27.1. The number of ketones is 1. The fraction of sp³-hybridized carbons (Fsp3) is 0.867. The number of carbonyl (C=O) groups is 2. The fourth-order valence-electron chi connectivity index (χ4n) is 5.11. The van der Waals surface area contributed by atoms with Gasteiger partial charge < -0.3 is 9.64 Å². The maximum absolute atomic E-state index is 12.9. The van der Waals surface area contributed by atoms with Gasteiger partial charge in [-0.25, -0.2) is 0 Å². The molecule has 4 atom stereocenters. The smallest absolute Gasteiger partial charge is 0.229 e. The number of morpholine rings is 1. The van der Waals surface area contributed by atoms with Crippen LogP contribution in [0, 0.1) is 23.2 Å². The molecule has 0 spiro atoms. The van der Waals surface area contributed by atoms with Crippen molar-refractivity contribution >= 4 is 11.7 Å². The van der Waals surface area contributed by atoms with E-state index in [0.717, 1.165) is 45.2 Å². The van der Waals surface area contributed by atoms with Crippen LogP contribution in [0.4, 0.5) is 0 Å². The van der Waals surface area contributed by atoms with Gasteiger partial charge in [-0.2, -0.15) is 0 Å². The molecular weight excluding hydrogens is 242 g/mol. The Morgan fingerprint density at radius 2 is 1.74 bits per heavy atom. The Bertz CT molecular complexity index is 409. The lowest BCUT2D eigenvalue weighted by Gasteiger charge is -2.55. The average Bonchev–Trinajstić information content (AvgIpc) is 2.44. The second-order valence-electron chi connectivity index (χ2n) is 6.93. The normalized spacial score (nSPS) is 44.7. The maximum atomic E-state index is 12.9. The first-order valence-corrected chi connectivity index (χ1v) is 7.59. The van der Waals surface area contributed by atoms with Crippen LogP contribution in [0.5, 0.6) is 0 Å². The van der Waals surface area contributed by atoms with E-state index in [4.69, 9.17) is 4.74 Å². The van der Waals surface area contributed by atoms with Crippen molar-refractivity contribution in [3.8, 4) is 0 Å². The zero-order chi connectivity index (χ0) is 13.0. The highest BCUT2D eigenvalue weighted by Crippen LogP contribution is 2.59. The van der Waals surface area contributed by atoms with Gasteiger partial charge in [0.25, 0.3) is 0 Å². The molecule has 5 fully saturated rings. The summed E-state index contributed by atoms with van der Waals surface area (Å²) in [6, 6.07) is 0. The van der Waals surface area contributed by atoms with Crippen LogP contribution in [-0.2, 0) is 14.3 Å². The van der Waals surface area contributed by atoms with Crippen molar-refractivity contribution in [1.82, 2.24) is 4.90 Å². The van der Waals surface area contributed by atoms with Crippen LogP contribution in [0.1, 0.15) is 32.1 Å². The molecular formula is C15H21NO3. The highest BCUT2D eigenvalue weighted by atomic mass is 16.5. The first kappa shape index (κ1) is 11.9. The minimum atomic E-state index is -0.193. The van der Waals surface area contributed by atoms with Crippen LogP contribution in [0.25, 0.3) is 0 Å². The number of amides is 1. The van der Waals surface area contributed by atoms with Gasteiger partial charge in [-0.15, -0.1) is 0 Å². The van der Waals surface area contributed by atoms with E-state index in [-0.39, 0.29) is 17.3 Å². The average molecular weight is 263 g/mol. The first-order valence-electron chi connectivity index (χ1n) is 7.59. The Morgan fingerprint density at radius 3 is 2.37 bits per heavy atom. The summed E-state index contributed by atoms with van der Waals surface area (Å²) >= 11 is 0. The third-order valence-electron chi connectivity index (χ3n) is 5.75. The number of carbonyl (C=O) groups excluding carboxylic acids is 2. The molecule has 4 bridgehead atoms. The van der Waals surface area contributed by atoms with Crippen molar-refractivity contribution in [3.63, 3.8) is 0 Å². The van der Waals surface area contributed by atoms with Gasteiger partial charge >= 0.3 is 0 Å². The van der Waals surface area contributed by atoms with Gasteiger partial charge in [-0.05, 0) is 38.0 Å². The van der Waals surface area contributed by atoms with Gasteiger partial charge in [0, 0.05) is 24.9 Å². The molecule has 1 aliphatic heterocycles. The second-order valence-corrected chi connectivity index (χ2v) is 6.93. The molecule has 19 heavy (non-hydrogen) atoms. The molecule has 5 aliphatic rings. The minimum absolute atomic E-state index is 0.191. The van der Waals surface area contributed by atoms with E-state index < -0.39 is 0 Å². The van der Waals surface area contributed by atoms with E-state index in [1.54, 1.807) is 0 Å². The SMILES string of the molecule is O=C1[C@@H]2CC3C[C@H]1CC(C(=O)N1CCOCC1)(C3)C2. The van der Waals surface area contributed by atoms with Crippen molar-refractivity contribution in [1.29, 1.82) is 0 Å². The van der Waals surface area contributed by atoms with Gasteiger partial charge in [-0.1, -0.05) is 0 Å². The first-order chi connectivity index (χ1) is 9.18. The predicted octanol–water partition coefficient (Wildman–Crippen LogP) is 1.24. The van der Waals surface area contributed by atoms with Crippen LogP contribution in [0.2, 0.25) is 0 Å². The quantitative estimate of drug-likeness (QED) is 0.715. The molecule has 0 aromatic rings. The lowest BCUT2D eigenvalue weighted by atomic mass is 9.48. The summed E-state index contributed by atoms with van der Waals surface area (Å²) in [6.45, 7) is 2.79. The number of hydrogen-bond acceptors (Lipinski definition) is 3. The van der Waals surface area contributed by atoms with Gasteiger partial charge in [0.05, 0.1) is 18.6 Å². The topological polar surface area (TPSA) is 46.6 Å². The summed E-state index contributed by atoms with van der Waals surface area (Å²) in [7, 11) is 0. The van der Waals surface area contributed by atoms with E-state index in [1.165, 1.54) is 0 Å². The van der Waals surface area contributed by atoms with Crippen LogP contribution >= 0.6 is 0 Å². The minimum Gasteiger partial charge on any atom is -0.378 e. The molecule has 1 heterocycles. The Balaban J connectivity index is 1.60. The third kappa shape index (κ3) is 1.69. The Morgan fingerprint density at radius 1 is 1.11 bits per heavy atom. The van der Waals surface area contributed by atoms with Crippen molar-refractivity contribution in [3.05, 3.63) is 0 Å². The molecule has 4 nitrogen and oxygen atoms in total. The van der Waals surface area contributed by atoms with Crippen molar-refractivity contribution in [2.75, 3.05) is 26.3 Å². The molecule has 4 heteroatoms. The van der Waals surface area contributed by atoms with Crippen LogP contribution < -0.4 is 0 Å². The number of Topliss-reactive ketones (excluding diaryl/α,β-unsaturated/α-hetero) is 1. The second kappa shape index (κ2) is 4.05.